The Morgan fingerprint density at radius 2 is 2.07 bits per heavy atom. The summed E-state index contributed by atoms with van der Waals surface area (Å²) in [6, 6.07) is 6.02. The van der Waals surface area contributed by atoms with Crippen molar-refractivity contribution in [3.63, 3.8) is 0 Å². The number of rotatable bonds is 6. The molecule has 0 heterocycles. The average Bonchev–Trinajstić information content (AvgIpc) is 3.06. The third-order valence-electron chi connectivity index (χ3n) is 8.62. The van der Waals surface area contributed by atoms with Crippen molar-refractivity contribution in [1.29, 1.82) is 0 Å². The molecule has 0 bridgehead atoms. The molecule has 3 aliphatic carbocycles. The number of nitrogens with one attached hydrogen (secondary N) is 1. The number of hydrogen-bond donors (Lipinski definition) is 2. The van der Waals surface area contributed by atoms with Gasteiger partial charge in [0, 0.05) is 12.0 Å². The smallest absolute Gasteiger partial charge is 0.407 e. The van der Waals surface area contributed by atoms with Gasteiger partial charge in [-0.1, -0.05) is 46.1 Å². The number of aromatic hydroxyl groups is 1. The van der Waals surface area contributed by atoms with E-state index in [1.54, 1.807) is 0 Å². The number of hydrogen-bond acceptors (Lipinski definition) is 3. The van der Waals surface area contributed by atoms with Crippen LogP contribution in [-0.2, 0) is 11.2 Å². The number of amides is 1. The van der Waals surface area contributed by atoms with Gasteiger partial charge in [0.05, 0.1) is 0 Å². The zero-order valence-corrected chi connectivity index (χ0v) is 19.0. The number of benzene rings is 1. The van der Waals surface area contributed by atoms with Crippen LogP contribution in [0.25, 0.3) is 0 Å². The Hall–Kier alpha value is -1.71. The van der Waals surface area contributed by atoms with Crippen molar-refractivity contribution < 1.29 is 14.6 Å². The molecule has 0 radical (unpaired) electrons. The second kappa shape index (κ2) is 8.80. The van der Waals surface area contributed by atoms with Gasteiger partial charge in [-0.15, -0.1) is 0 Å². The highest BCUT2D eigenvalue weighted by Gasteiger charge is 2.58. The van der Waals surface area contributed by atoms with Gasteiger partial charge in [0.2, 0.25) is 0 Å². The molecule has 30 heavy (non-hydrogen) atoms. The van der Waals surface area contributed by atoms with Crippen LogP contribution in [-0.4, -0.2) is 23.8 Å². The van der Waals surface area contributed by atoms with Crippen LogP contribution in [0.4, 0.5) is 4.79 Å². The second-order valence-corrected chi connectivity index (χ2v) is 10.2. The fourth-order valence-corrected chi connectivity index (χ4v) is 7.06. The SMILES string of the molecule is CCCCCNC(=O)O[C@H]1CCC2C3C(CC[C@@]21C)c1ccc(O)cc1C[C@H]3CC. The Kier molecular flexibility index (Phi) is 6.31. The van der Waals surface area contributed by atoms with Crippen molar-refractivity contribution in [2.24, 2.45) is 23.2 Å². The summed E-state index contributed by atoms with van der Waals surface area (Å²) in [6.45, 7) is 7.58. The molecule has 1 aromatic rings. The lowest BCUT2D eigenvalue weighted by atomic mass is 9.52. The Balaban J connectivity index is 1.49. The predicted molar refractivity (Wildman–Crippen MR) is 120 cm³/mol. The molecule has 0 aliphatic heterocycles. The Morgan fingerprint density at radius 3 is 2.83 bits per heavy atom. The molecule has 1 aromatic carbocycles. The van der Waals surface area contributed by atoms with Gasteiger partial charge in [-0.05, 0) is 85.5 Å². The van der Waals surface area contributed by atoms with E-state index in [-0.39, 0.29) is 17.6 Å². The van der Waals surface area contributed by atoms with E-state index in [0.717, 1.165) is 51.4 Å². The van der Waals surface area contributed by atoms with Gasteiger partial charge < -0.3 is 15.2 Å². The molecule has 4 rings (SSSR count). The van der Waals surface area contributed by atoms with Gasteiger partial charge in [-0.3, -0.25) is 0 Å². The number of phenols is 1. The number of carbonyl (C=O) groups excluding carboxylic acids is 1. The molecule has 0 saturated heterocycles. The highest BCUT2D eigenvalue weighted by molar-refractivity contribution is 5.67. The maximum atomic E-state index is 12.4. The van der Waals surface area contributed by atoms with E-state index in [9.17, 15) is 9.90 Å². The minimum atomic E-state index is -0.225. The number of unbranched alkanes of at least 4 members (excludes halogenated alkanes) is 2. The van der Waals surface area contributed by atoms with Crippen LogP contribution in [0.2, 0.25) is 0 Å². The van der Waals surface area contributed by atoms with E-state index < -0.39 is 0 Å². The molecule has 2 N–H and O–H groups in total. The monoisotopic (exact) mass is 413 g/mol. The van der Waals surface area contributed by atoms with Gasteiger partial charge in [0.15, 0.2) is 0 Å². The third kappa shape index (κ3) is 3.83. The van der Waals surface area contributed by atoms with Gasteiger partial charge in [0.1, 0.15) is 11.9 Å². The highest BCUT2D eigenvalue weighted by atomic mass is 16.6. The Morgan fingerprint density at radius 1 is 1.23 bits per heavy atom. The molecular formula is C26H39NO3. The summed E-state index contributed by atoms with van der Waals surface area (Å²) < 4.78 is 6.01. The van der Waals surface area contributed by atoms with Crippen LogP contribution in [0.5, 0.6) is 5.75 Å². The van der Waals surface area contributed by atoms with Crippen LogP contribution in [0.15, 0.2) is 18.2 Å². The van der Waals surface area contributed by atoms with Crippen LogP contribution in [0.3, 0.4) is 0 Å². The first-order valence-corrected chi connectivity index (χ1v) is 12.2. The minimum absolute atomic E-state index is 0.0355. The number of fused-ring (bicyclic) bond motifs is 5. The van der Waals surface area contributed by atoms with Crippen LogP contribution in [0, 0.1) is 23.2 Å². The van der Waals surface area contributed by atoms with Gasteiger partial charge in [0.25, 0.3) is 0 Å². The molecule has 0 aromatic heterocycles. The zero-order chi connectivity index (χ0) is 21.3. The van der Waals surface area contributed by atoms with E-state index in [4.69, 9.17) is 4.74 Å². The Labute approximate surface area is 181 Å². The zero-order valence-electron chi connectivity index (χ0n) is 19.0. The summed E-state index contributed by atoms with van der Waals surface area (Å²) in [5, 5.41) is 13.0. The molecule has 6 atom stereocenters. The first-order valence-electron chi connectivity index (χ1n) is 12.2. The van der Waals surface area contributed by atoms with E-state index in [1.165, 1.54) is 17.5 Å². The average molecular weight is 414 g/mol. The maximum absolute atomic E-state index is 12.4. The molecule has 2 fully saturated rings. The topological polar surface area (TPSA) is 58.6 Å². The number of carbonyl (C=O) groups is 1. The van der Waals surface area contributed by atoms with Crippen molar-refractivity contribution in [1.82, 2.24) is 5.32 Å². The Bertz CT molecular complexity index is 763. The van der Waals surface area contributed by atoms with Crippen molar-refractivity contribution in [3.05, 3.63) is 29.3 Å². The summed E-state index contributed by atoms with van der Waals surface area (Å²) in [4.78, 5) is 12.4. The lowest BCUT2D eigenvalue weighted by Gasteiger charge is -2.53. The molecular weight excluding hydrogens is 374 g/mol. The molecule has 0 spiro atoms. The first kappa shape index (κ1) is 21.5. The molecule has 2 saturated carbocycles. The fraction of sp³-hybridized carbons (Fsp3) is 0.731. The molecule has 4 nitrogen and oxygen atoms in total. The van der Waals surface area contributed by atoms with Crippen LogP contribution >= 0.6 is 0 Å². The number of phenolic OH excluding ortho intramolecular Hbond substituents is 1. The van der Waals surface area contributed by atoms with Crippen LogP contribution in [0.1, 0.15) is 89.2 Å². The summed E-state index contributed by atoms with van der Waals surface area (Å²) >= 11 is 0. The second-order valence-electron chi connectivity index (χ2n) is 10.2. The lowest BCUT2D eigenvalue weighted by molar-refractivity contribution is -0.0450. The van der Waals surface area contributed by atoms with E-state index in [0.29, 0.717) is 36.0 Å². The summed E-state index contributed by atoms with van der Waals surface area (Å²) in [5.41, 5.74) is 2.90. The molecule has 3 unspecified atom stereocenters. The largest absolute Gasteiger partial charge is 0.508 e. The van der Waals surface area contributed by atoms with Crippen molar-refractivity contribution >= 4 is 6.09 Å². The van der Waals surface area contributed by atoms with Gasteiger partial charge in [-0.25, -0.2) is 4.79 Å². The van der Waals surface area contributed by atoms with E-state index in [1.807, 2.05) is 12.1 Å². The maximum Gasteiger partial charge on any atom is 0.407 e. The van der Waals surface area contributed by atoms with Crippen molar-refractivity contribution in [3.8, 4) is 5.75 Å². The van der Waals surface area contributed by atoms with E-state index >= 15 is 0 Å². The van der Waals surface area contributed by atoms with Crippen LogP contribution < -0.4 is 5.32 Å². The summed E-state index contributed by atoms with van der Waals surface area (Å²) in [7, 11) is 0. The normalized spacial score (nSPS) is 34.6. The molecule has 1 amide bonds. The highest BCUT2D eigenvalue weighted by Crippen LogP contribution is 2.63. The van der Waals surface area contributed by atoms with Gasteiger partial charge >= 0.3 is 6.09 Å². The van der Waals surface area contributed by atoms with Crippen molar-refractivity contribution in [2.45, 2.75) is 90.6 Å². The first-order chi connectivity index (χ1) is 14.5. The lowest BCUT2D eigenvalue weighted by Crippen LogP contribution is -2.48. The summed E-state index contributed by atoms with van der Waals surface area (Å²) in [6.07, 6.45) is 9.79. The van der Waals surface area contributed by atoms with E-state index in [2.05, 4.69) is 32.2 Å². The quantitative estimate of drug-likeness (QED) is 0.548. The number of ether oxygens (including phenoxy) is 1. The minimum Gasteiger partial charge on any atom is -0.508 e. The summed E-state index contributed by atoms with van der Waals surface area (Å²) in [5.74, 6) is 2.89. The molecule has 166 valence electrons. The molecule has 4 heteroatoms. The third-order valence-corrected chi connectivity index (χ3v) is 8.62. The van der Waals surface area contributed by atoms with Gasteiger partial charge in [-0.2, -0.15) is 0 Å². The molecule has 3 aliphatic rings. The fourth-order valence-electron chi connectivity index (χ4n) is 7.06. The predicted octanol–water partition coefficient (Wildman–Crippen LogP) is 6.17. The standard InChI is InChI=1S/C26H39NO3/c1-4-6-7-14-27-25(29)30-23-11-10-22-24-17(5-2)15-18-16-19(28)8-9-20(18)21(24)12-13-26(22,23)3/h8-9,16-17,21-24,28H,4-7,10-15H2,1-3H3,(H,27,29)/t17-,21?,22?,23+,24?,26+/m1/s1. The van der Waals surface area contributed by atoms with Crippen molar-refractivity contribution in [2.75, 3.05) is 6.54 Å². The number of alkyl carbamates (subject to hydrolysis) is 1.